The van der Waals surface area contributed by atoms with E-state index in [1.807, 2.05) is 6.92 Å². The average Bonchev–Trinajstić information content (AvgIpc) is 2.86. The van der Waals surface area contributed by atoms with Crippen LogP contribution in [0.15, 0.2) is 0 Å². The minimum Gasteiger partial charge on any atom is -0.387 e. The van der Waals surface area contributed by atoms with Gasteiger partial charge in [-0.3, -0.25) is 4.79 Å². The highest BCUT2D eigenvalue weighted by molar-refractivity contribution is 5.85. The third kappa shape index (κ3) is 2.36. The van der Waals surface area contributed by atoms with Crippen LogP contribution >= 0.6 is 0 Å². The lowest BCUT2D eigenvalue weighted by molar-refractivity contribution is -0.140. The first kappa shape index (κ1) is 11.8. The summed E-state index contributed by atoms with van der Waals surface area (Å²) in [5, 5.41) is 15.9. The maximum absolute atomic E-state index is 11.9. The van der Waals surface area contributed by atoms with Gasteiger partial charge in [0.25, 0.3) is 5.91 Å². The van der Waals surface area contributed by atoms with Crippen molar-refractivity contribution in [2.24, 2.45) is 0 Å². The molecule has 2 unspecified atom stereocenters. The van der Waals surface area contributed by atoms with Crippen molar-refractivity contribution in [2.45, 2.75) is 37.4 Å². The Balaban J connectivity index is 1.83. The number of amides is 1. The lowest BCUT2D eigenvalue weighted by Crippen LogP contribution is -2.50. The van der Waals surface area contributed by atoms with Crippen LogP contribution in [0.1, 0.15) is 26.2 Å². The number of carbonyl (C=O) groups excluding carboxylic acids is 1. The summed E-state index contributed by atoms with van der Waals surface area (Å²) in [4.78, 5) is 11.9. The SMILES string of the molecule is CC1(C(=O)NCC2(O)CCNC2)CCCO1. The van der Waals surface area contributed by atoms with Gasteiger partial charge < -0.3 is 20.5 Å². The van der Waals surface area contributed by atoms with Crippen molar-refractivity contribution < 1.29 is 14.6 Å². The van der Waals surface area contributed by atoms with E-state index in [-0.39, 0.29) is 5.91 Å². The first-order valence-corrected chi connectivity index (χ1v) is 5.90. The summed E-state index contributed by atoms with van der Waals surface area (Å²) in [7, 11) is 0. The molecule has 2 saturated heterocycles. The molecule has 2 aliphatic rings. The van der Waals surface area contributed by atoms with Crippen LogP contribution in [-0.2, 0) is 9.53 Å². The highest BCUT2D eigenvalue weighted by atomic mass is 16.5. The summed E-state index contributed by atoms with van der Waals surface area (Å²) < 4.78 is 5.44. The zero-order chi connectivity index (χ0) is 11.6. The van der Waals surface area contributed by atoms with E-state index >= 15 is 0 Å². The molecule has 1 amide bonds. The Bertz CT molecular complexity index is 268. The van der Waals surface area contributed by atoms with Crippen molar-refractivity contribution >= 4 is 5.91 Å². The molecule has 0 bridgehead atoms. The molecule has 2 aliphatic heterocycles. The fourth-order valence-electron chi connectivity index (χ4n) is 2.27. The van der Waals surface area contributed by atoms with E-state index in [1.54, 1.807) is 0 Å². The minimum absolute atomic E-state index is 0.106. The van der Waals surface area contributed by atoms with Crippen LogP contribution in [0, 0.1) is 0 Å². The van der Waals surface area contributed by atoms with Crippen molar-refractivity contribution in [1.29, 1.82) is 0 Å². The Morgan fingerprint density at radius 3 is 2.94 bits per heavy atom. The van der Waals surface area contributed by atoms with Gasteiger partial charge in [-0.05, 0) is 32.7 Å². The number of carbonyl (C=O) groups is 1. The van der Waals surface area contributed by atoms with E-state index in [0.717, 1.165) is 19.4 Å². The molecular formula is C11H20N2O3. The topological polar surface area (TPSA) is 70.6 Å². The summed E-state index contributed by atoms with van der Waals surface area (Å²) in [5.74, 6) is -0.106. The van der Waals surface area contributed by atoms with E-state index in [1.165, 1.54) is 0 Å². The number of ether oxygens (including phenoxy) is 1. The van der Waals surface area contributed by atoms with Gasteiger partial charge in [0.1, 0.15) is 5.60 Å². The lowest BCUT2D eigenvalue weighted by atomic mass is 10.00. The highest BCUT2D eigenvalue weighted by Gasteiger charge is 2.39. The summed E-state index contributed by atoms with van der Waals surface area (Å²) >= 11 is 0. The summed E-state index contributed by atoms with van der Waals surface area (Å²) in [6, 6.07) is 0. The van der Waals surface area contributed by atoms with Crippen molar-refractivity contribution in [3.05, 3.63) is 0 Å². The smallest absolute Gasteiger partial charge is 0.252 e. The number of hydrogen-bond donors (Lipinski definition) is 3. The van der Waals surface area contributed by atoms with Crippen LogP contribution in [-0.4, -0.2) is 48.5 Å². The molecule has 2 rings (SSSR count). The van der Waals surface area contributed by atoms with Crippen molar-refractivity contribution in [1.82, 2.24) is 10.6 Å². The third-order valence-corrected chi connectivity index (χ3v) is 3.50. The van der Waals surface area contributed by atoms with Gasteiger partial charge >= 0.3 is 0 Å². The van der Waals surface area contributed by atoms with Gasteiger partial charge in [-0.1, -0.05) is 0 Å². The molecular weight excluding hydrogens is 208 g/mol. The zero-order valence-electron chi connectivity index (χ0n) is 9.71. The van der Waals surface area contributed by atoms with Gasteiger partial charge in [-0.15, -0.1) is 0 Å². The predicted molar refractivity (Wildman–Crippen MR) is 59.0 cm³/mol. The Kier molecular flexibility index (Phi) is 3.19. The number of aliphatic hydroxyl groups is 1. The molecule has 0 aromatic rings. The van der Waals surface area contributed by atoms with Gasteiger partial charge in [-0.2, -0.15) is 0 Å². The Morgan fingerprint density at radius 2 is 2.38 bits per heavy atom. The lowest BCUT2D eigenvalue weighted by Gasteiger charge is -2.26. The second kappa shape index (κ2) is 4.31. The summed E-state index contributed by atoms with van der Waals surface area (Å²) in [5.41, 5.74) is -1.48. The molecule has 2 heterocycles. The number of nitrogens with one attached hydrogen (secondary N) is 2. The van der Waals surface area contributed by atoms with E-state index in [9.17, 15) is 9.90 Å². The molecule has 0 aliphatic carbocycles. The van der Waals surface area contributed by atoms with Crippen LogP contribution < -0.4 is 10.6 Å². The molecule has 5 heteroatoms. The number of β-amino-alcohol motifs (C(OH)–C–C–N with tert-alkyl or cyclic N) is 1. The van der Waals surface area contributed by atoms with E-state index in [0.29, 0.717) is 26.1 Å². The molecule has 0 spiro atoms. The van der Waals surface area contributed by atoms with Gasteiger partial charge in [-0.25, -0.2) is 0 Å². The van der Waals surface area contributed by atoms with E-state index in [2.05, 4.69) is 10.6 Å². The molecule has 2 atom stereocenters. The Hall–Kier alpha value is -0.650. The van der Waals surface area contributed by atoms with Crippen LogP contribution in [0.5, 0.6) is 0 Å². The average molecular weight is 228 g/mol. The molecule has 92 valence electrons. The van der Waals surface area contributed by atoms with Crippen LogP contribution in [0.25, 0.3) is 0 Å². The van der Waals surface area contributed by atoms with Gasteiger partial charge in [0.2, 0.25) is 0 Å². The molecule has 0 saturated carbocycles. The maximum atomic E-state index is 11.9. The molecule has 3 N–H and O–H groups in total. The maximum Gasteiger partial charge on any atom is 0.252 e. The predicted octanol–water partition coefficient (Wildman–Crippen LogP) is -0.604. The van der Waals surface area contributed by atoms with Crippen molar-refractivity contribution in [3.63, 3.8) is 0 Å². The Morgan fingerprint density at radius 1 is 1.56 bits per heavy atom. The fourth-order valence-corrected chi connectivity index (χ4v) is 2.27. The molecule has 16 heavy (non-hydrogen) atoms. The van der Waals surface area contributed by atoms with Gasteiger partial charge in [0.15, 0.2) is 0 Å². The highest BCUT2D eigenvalue weighted by Crippen LogP contribution is 2.25. The van der Waals surface area contributed by atoms with Crippen LogP contribution in [0.3, 0.4) is 0 Å². The monoisotopic (exact) mass is 228 g/mol. The second-order valence-electron chi connectivity index (χ2n) is 5.02. The fraction of sp³-hybridized carbons (Fsp3) is 0.909. The van der Waals surface area contributed by atoms with Crippen molar-refractivity contribution in [3.8, 4) is 0 Å². The molecule has 0 aromatic carbocycles. The first-order chi connectivity index (χ1) is 7.54. The first-order valence-electron chi connectivity index (χ1n) is 5.90. The zero-order valence-corrected chi connectivity index (χ0v) is 9.71. The van der Waals surface area contributed by atoms with Crippen LogP contribution in [0.4, 0.5) is 0 Å². The van der Waals surface area contributed by atoms with E-state index in [4.69, 9.17) is 4.74 Å². The second-order valence-corrected chi connectivity index (χ2v) is 5.02. The third-order valence-electron chi connectivity index (χ3n) is 3.50. The summed E-state index contributed by atoms with van der Waals surface area (Å²) in [6.45, 7) is 4.12. The van der Waals surface area contributed by atoms with Gasteiger partial charge in [0.05, 0.1) is 5.60 Å². The molecule has 0 radical (unpaired) electrons. The molecule has 5 nitrogen and oxygen atoms in total. The molecule has 0 aromatic heterocycles. The summed E-state index contributed by atoms with van der Waals surface area (Å²) in [6.07, 6.45) is 2.37. The minimum atomic E-state index is -0.787. The number of hydrogen-bond acceptors (Lipinski definition) is 4. The number of rotatable bonds is 3. The standard InChI is InChI=1S/C11H20N2O3/c1-10(3-2-6-16-10)9(14)13-8-11(15)4-5-12-7-11/h12,15H,2-8H2,1H3,(H,13,14). The Labute approximate surface area is 95.5 Å². The molecule has 2 fully saturated rings. The van der Waals surface area contributed by atoms with Crippen LogP contribution in [0.2, 0.25) is 0 Å². The van der Waals surface area contributed by atoms with Crippen molar-refractivity contribution in [2.75, 3.05) is 26.2 Å². The van der Waals surface area contributed by atoms with E-state index < -0.39 is 11.2 Å². The van der Waals surface area contributed by atoms with Gasteiger partial charge in [0, 0.05) is 19.7 Å². The quantitative estimate of drug-likeness (QED) is 0.603. The largest absolute Gasteiger partial charge is 0.387 e. The normalized spacial score (nSPS) is 38.9.